The molecular formula is C30H62O2. The Bertz CT molecular complexity index is 318. The van der Waals surface area contributed by atoms with Gasteiger partial charge in [0.05, 0.1) is 12.7 Å². The van der Waals surface area contributed by atoms with Gasteiger partial charge in [0.15, 0.2) is 0 Å². The van der Waals surface area contributed by atoms with Gasteiger partial charge in [-0.1, -0.05) is 162 Å². The van der Waals surface area contributed by atoms with Crippen molar-refractivity contribution < 1.29 is 9.84 Å². The normalized spacial score (nSPS) is 12.5. The first-order valence-corrected chi connectivity index (χ1v) is 15.1. The van der Waals surface area contributed by atoms with Gasteiger partial charge in [-0.05, 0) is 12.8 Å². The zero-order valence-electron chi connectivity index (χ0n) is 22.5. The summed E-state index contributed by atoms with van der Waals surface area (Å²) in [4.78, 5) is 0. The van der Waals surface area contributed by atoms with E-state index in [1.165, 1.54) is 141 Å². The molecule has 1 unspecified atom stereocenters. The SMILES string of the molecule is CCCCCCCCCCCCCCCCCCOCC(O)CCCCCCCCCC. The molecule has 194 valence electrons. The van der Waals surface area contributed by atoms with E-state index in [9.17, 15) is 5.11 Å². The monoisotopic (exact) mass is 454 g/mol. The summed E-state index contributed by atoms with van der Waals surface area (Å²) in [6.07, 6.45) is 33.7. The van der Waals surface area contributed by atoms with Crippen molar-refractivity contribution in [1.29, 1.82) is 0 Å². The van der Waals surface area contributed by atoms with Crippen molar-refractivity contribution in [3.05, 3.63) is 0 Å². The third-order valence-corrected chi connectivity index (χ3v) is 6.84. The van der Waals surface area contributed by atoms with Crippen molar-refractivity contribution in [1.82, 2.24) is 0 Å². The fourth-order valence-corrected chi connectivity index (χ4v) is 4.57. The van der Waals surface area contributed by atoms with E-state index in [4.69, 9.17) is 4.74 Å². The summed E-state index contributed by atoms with van der Waals surface area (Å²) < 4.78 is 5.69. The molecule has 0 aliphatic rings. The number of hydrogen-bond donors (Lipinski definition) is 1. The molecule has 0 spiro atoms. The lowest BCUT2D eigenvalue weighted by atomic mass is 10.0. The van der Waals surface area contributed by atoms with Crippen LogP contribution in [0.4, 0.5) is 0 Å². The van der Waals surface area contributed by atoms with E-state index >= 15 is 0 Å². The summed E-state index contributed by atoms with van der Waals surface area (Å²) in [7, 11) is 0. The second kappa shape index (κ2) is 29.0. The summed E-state index contributed by atoms with van der Waals surface area (Å²) in [6.45, 7) is 5.92. The molecule has 0 saturated heterocycles. The molecule has 32 heavy (non-hydrogen) atoms. The average Bonchev–Trinajstić information content (AvgIpc) is 2.80. The van der Waals surface area contributed by atoms with Gasteiger partial charge in [-0.3, -0.25) is 0 Å². The van der Waals surface area contributed by atoms with Crippen molar-refractivity contribution in [3.63, 3.8) is 0 Å². The lowest BCUT2D eigenvalue weighted by molar-refractivity contribution is 0.0297. The summed E-state index contributed by atoms with van der Waals surface area (Å²) in [5.74, 6) is 0. The van der Waals surface area contributed by atoms with E-state index in [0.717, 1.165) is 25.9 Å². The van der Waals surface area contributed by atoms with Crippen LogP contribution in [0.25, 0.3) is 0 Å². The second-order valence-corrected chi connectivity index (χ2v) is 10.3. The van der Waals surface area contributed by atoms with E-state index in [1.807, 2.05) is 0 Å². The van der Waals surface area contributed by atoms with Gasteiger partial charge in [-0.25, -0.2) is 0 Å². The van der Waals surface area contributed by atoms with Gasteiger partial charge in [0, 0.05) is 6.61 Å². The minimum absolute atomic E-state index is 0.254. The molecule has 0 aromatic carbocycles. The molecule has 0 aromatic rings. The highest BCUT2D eigenvalue weighted by atomic mass is 16.5. The van der Waals surface area contributed by atoms with Crippen molar-refractivity contribution in [2.45, 2.75) is 180 Å². The van der Waals surface area contributed by atoms with Gasteiger partial charge in [0.25, 0.3) is 0 Å². The maximum Gasteiger partial charge on any atom is 0.0773 e. The standard InChI is InChI=1S/C30H62O2/c1-3-5-7-9-11-13-14-15-16-17-18-19-20-22-24-26-28-32-29-30(31)27-25-23-21-12-10-8-6-4-2/h30-31H,3-29H2,1-2H3. The van der Waals surface area contributed by atoms with Crippen LogP contribution in [-0.4, -0.2) is 24.4 Å². The number of unbranched alkanes of at least 4 members (excludes halogenated alkanes) is 22. The smallest absolute Gasteiger partial charge is 0.0773 e. The zero-order valence-corrected chi connectivity index (χ0v) is 22.5. The van der Waals surface area contributed by atoms with Crippen LogP contribution in [0.1, 0.15) is 174 Å². The van der Waals surface area contributed by atoms with Crippen LogP contribution in [0, 0.1) is 0 Å². The molecule has 0 radical (unpaired) electrons. The Hall–Kier alpha value is -0.0800. The first kappa shape index (κ1) is 31.9. The zero-order chi connectivity index (χ0) is 23.4. The lowest BCUT2D eigenvalue weighted by Gasteiger charge is -2.11. The van der Waals surface area contributed by atoms with Gasteiger partial charge >= 0.3 is 0 Å². The lowest BCUT2D eigenvalue weighted by Crippen LogP contribution is -2.15. The predicted octanol–water partition coefficient (Wildman–Crippen LogP) is 10.2. The number of aliphatic hydroxyl groups excluding tert-OH is 1. The largest absolute Gasteiger partial charge is 0.391 e. The maximum absolute atomic E-state index is 10.0. The molecule has 0 amide bonds. The fraction of sp³-hybridized carbons (Fsp3) is 1.00. The molecule has 0 aromatic heterocycles. The third kappa shape index (κ3) is 28.0. The van der Waals surface area contributed by atoms with E-state index in [1.54, 1.807) is 0 Å². The number of aliphatic hydroxyl groups is 1. The Morgan fingerprint density at radius 3 is 1.12 bits per heavy atom. The molecule has 0 fully saturated rings. The minimum Gasteiger partial charge on any atom is -0.391 e. The summed E-state index contributed by atoms with van der Waals surface area (Å²) >= 11 is 0. The van der Waals surface area contributed by atoms with Crippen molar-refractivity contribution in [2.75, 3.05) is 13.2 Å². The molecular weight excluding hydrogens is 392 g/mol. The van der Waals surface area contributed by atoms with Crippen LogP contribution in [0.15, 0.2) is 0 Å². The van der Waals surface area contributed by atoms with Crippen LogP contribution in [0.3, 0.4) is 0 Å². The second-order valence-electron chi connectivity index (χ2n) is 10.3. The van der Waals surface area contributed by atoms with Crippen LogP contribution < -0.4 is 0 Å². The molecule has 0 rings (SSSR count). The van der Waals surface area contributed by atoms with Crippen LogP contribution in [0.2, 0.25) is 0 Å². The molecule has 0 aliphatic heterocycles. The molecule has 1 N–H and O–H groups in total. The topological polar surface area (TPSA) is 29.5 Å². The molecule has 1 atom stereocenters. The first-order valence-electron chi connectivity index (χ1n) is 15.1. The Balaban J connectivity index is 3.10. The molecule has 2 nitrogen and oxygen atoms in total. The van der Waals surface area contributed by atoms with Gasteiger partial charge < -0.3 is 9.84 Å². The average molecular weight is 455 g/mol. The highest BCUT2D eigenvalue weighted by Gasteiger charge is 2.04. The van der Waals surface area contributed by atoms with E-state index in [2.05, 4.69) is 13.8 Å². The molecule has 0 aliphatic carbocycles. The van der Waals surface area contributed by atoms with E-state index in [-0.39, 0.29) is 6.10 Å². The van der Waals surface area contributed by atoms with Crippen molar-refractivity contribution >= 4 is 0 Å². The van der Waals surface area contributed by atoms with Crippen molar-refractivity contribution in [3.8, 4) is 0 Å². The van der Waals surface area contributed by atoms with E-state index < -0.39 is 0 Å². The summed E-state index contributed by atoms with van der Waals surface area (Å²) in [6, 6.07) is 0. The minimum atomic E-state index is -0.254. The van der Waals surface area contributed by atoms with Gasteiger partial charge in [-0.2, -0.15) is 0 Å². The fourth-order valence-electron chi connectivity index (χ4n) is 4.57. The quantitative estimate of drug-likeness (QED) is 0.119. The van der Waals surface area contributed by atoms with E-state index in [0.29, 0.717) is 6.61 Å². The first-order chi connectivity index (χ1) is 15.8. The molecule has 0 saturated carbocycles. The van der Waals surface area contributed by atoms with Gasteiger partial charge in [0.1, 0.15) is 0 Å². The van der Waals surface area contributed by atoms with Gasteiger partial charge in [0.2, 0.25) is 0 Å². The number of ether oxygens (including phenoxy) is 1. The molecule has 2 heteroatoms. The third-order valence-electron chi connectivity index (χ3n) is 6.84. The molecule has 0 heterocycles. The number of rotatable bonds is 28. The Labute approximate surface area is 203 Å². The van der Waals surface area contributed by atoms with Crippen LogP contribution in [0.5, 0.6) is 0 Å². The predicted molar refractivity (Wildman–Crippen MR) is 144 cm³/mol. The van der Waals surface area contributed by atoms with Crippen LogP contribution >= 0.6 is 0 Å². The highest BCUT2D eigenvalue weighted by molar-refractivity contribution is 4.56. The maximum atomic E-state index is 10.0. The van der Waals surface area contributed by atoms with Gasteiger partial charge in [-0.15, -0.1) is 0 Å². The Morgan fingerprint density at radius 2 is 0.750 bits per heavy atom. The Kier molecular flexibility index (Phi) is 28.9. The molecule has 0 bridgehead atoms. The van der Waals surface area contributed by atoms with Crippen molar-refractivity contribution in [2.24, 2.45) is 0 Å². The number of hydrogen-bond acceptors (Lipinski definition) is 2. The summed E-state index contributed by atoms with van der Waals surface area (Å²) in [5, 5.41) is 10.0. The Morgan fingerprint density at radius 1 is 0.438 bits per heavy atom. The summed E-state index contributed by atoms with van der Waals surface area (Å²) in [5.41, 5.74) is 0. The van der Waals surface area contributed by atoms with Crippen LogP contribution in [-0.2, 0) is 4.74 Å². The highest BCUT2D eigenvalue weighted by Crippen LogP contribution is 2.14.